The van der Waals surface area contributed by atoms with Crippen LogP contribution >= 0.6 is 0 Å². The minimum Gasteiger partial charge on any atom is -0.206 e. The SMILES string of the molecule is Fc1ccc2[c]ccc(F)c2c1F. The lowest BCUT2D eigenvalue weighted by Crippen LogP contribution is -1.89. The van der Waals surface area contributed by atoms with Gasteiger partial charge >= 0.3 is 0 Å². The summed E-state index contributed by atoms with van der Waals surface area (Å²) >= 11 is 0. The van der Waals surface area contributed by atoms with Crippen molar-refractivity contribution in [2.45, 2.75) is 0 Å². The molecule has 1 radical (unpaired) electrons. The van der Waals surface area contributed by atoms with Gasteiger partial charge in [-0.2, -0.15) is 0 Å². The van der Waals surface area contributed by atoms with E-state index in [1.54, 1.807) is 0 Å². The first-order valence-corrected chi connectivity index (χ1v) is 3.64. The topological polar surface area (TPSA) is 0 Å². The Hall–Kier alpha value is -1.51. The molecule has 0 heterocycles. The van der Waals surface area contributed by atoms with Gasteiger partial charge in [-0.05, 0) is 23.6 Å². The molecule has 0 unspecified atom stereocenters. The molecule has 0 aliphatic carbocycles. The molecule has 13 heavy (non-hydrogen) atoms. The van der Waals surface area contributed by atoms with Crippen molar-refractivity contribution < 1.29 is 13.2 Å². The second-order valence-electron chi connectivity index (χ2n) is 2.61. The average Bonchev–Trinajstić information content (AvgIpc) is 2.12. The third kappa shape index (κ3) is 1.16. The van der Waals surface area contributed by atoms with Crippen LogP contribution in [0, 0.1) is 23.5 Å². The van der Waals surface area contributed by atoms with Crippen molar-refractivity contribution >= 4 is 10.8 Å². The molecule has 0 N–H and O–H groups in total. The maximum Gasteiger partial charge on any atom is 0.169 e. The molecule has 0 bridgehead atoms. The van der Waals surface area contributed by atoms with Gasteiger partial charge in [-0.1, -0.05) is 12.1 Å². The maximum atomic E-state index is 13.0. The summed E-state index contributed by atoms with van der Waals surface area (Å²) in [6, 6.07) is 7.23. The smallest absolute Gasteiger partial charge is 0.169 e. The molecule has 0 aliphatic heterocycles. The second-order valence-corrected chi connectivity index (χ2v) is 2.61. The Labute approximate surface area is 72.6 Å². The fourth-order valence-electron chi connectivity index (χ4n) is 1.19. The van der Waals surface area contributed by atoms with Crippen molar-refractivity contribution in [3.8, 4) is 0 Å². The Morgan fingerprint density at radius 3 is 2.46 bits per heavy atom. The summed E-state index contributed by atoms with van der Waals surface area (Å²) in [4.78, 5) is 0. The Morgan fingerprint density at radius 2 is 1.69 bits per heavy atom. The van der Waals surface area contributed by atoms with Crippen LogP contribution in [0.1, 0.15) is 0 Å². The number of fused-ring (bicyclic) bond motifs is 1. The van der Waals surface area contributed by atoms with Crippen molar-refractivity contribution in [2.75, 3.05) is 0 Å². The Bertz CT molecular complexity index is 463. The summed E-state index contributed by atoms with van der Waals surface area (Å²) < 4.78 is 38.7. The van der Waals surface area contributed by atoms with Crippen LogP contribution in [0.15, 0.2) is 24.3 Å². The van der Waals surface area contributed by atoms with E-state index in [1.165, 1.54) is 12.1 Å². The molecule has 0 saturated heterocycles. The molecule has 0 atom stereocenters. The van der Waals surface area contributed by atoms with Gasteiger partial charge in [-0.25, -0.2) is 13.2 Å². The highest BCUT2D eigenvalue weighted by Crippen LogP contribution is 2.22. The molecule has 3 heteroatoms. The van der Waals surface area contributed by atoms with Gasteiger partial charge in [0.2, 0.25) is 0 Å². The third-order valence-corrected chi connectivity index (χ3v) is 1.80. The highest BCUT2D eigenvalue weighted by atomic mass is 19.2. The van der Waals surface area contributed by atoms with E-state index in [0.717, 1.165) is 12.1 Å². The maximum absolute atomic E-state index is 13.0. The minimum absolute atomic E-state index is 0.235. The van der Waals surface area contributed by atoms with Crippen molar-refractivity contribution in [3.05, 3.63) is 47.8 Å². The first kappa shape index (κ1) is 8.10. The van der Waals surface area contributed by atoms with Gasteiger partial charge in [0.05, 0.1) is 5.39 Å². The van der Waals surface area contributed by atoms with Gasteiger partial charge < -0.3 is 0 Å². The van der Waals surface area contributed by atoms with Gasteiger partial charge in [-0.3, -0.25) is 0 Å². The minimum atomic E-state index is -1.16. The molecule has 0 nitrogen and oxygen atoms in total. The van der Waals surface area contributed by atoms with E-state index in [0.29, 0.717) is 0 Å². The molecule has 65 valence electrons. The van der Waals surface area contributed by atoms with Gasteiger partial charge in [0.1, 0.15) is 5.82 Å². The van der Waals surface area contributed by atoms with Crippen LogP contribution in [0.2, 0.25) is 0 Å². The molecule has 0 amide bonds. The molecule has 0 spiro atoms. The van der Waals surface area contributed by atoms with Crippen molar-refractivity contribution in [3.63, 3.8) is 0 Å². The van der Waals surface area contributed by atoms with Crippen LogP contribution in [0.25, 0.3) is 10.8 Å². The Kier molecular flexibility index (Phi) is 1.72. The zero-order valence-electron chi connectivity index (χ0n) is 6.44. The van der Waals surface area contributed by atoms with Crippen molar-refractivity contribution in [1.29, 1.82) is 0 Å². The molecule has 0 saturated carbocycles. The Morgan fingerprint density at radius 1 is 0.923 bits per heavy atom. The molecule has 0 aliphatic rings. The van der Waals surface area contributed by atoms with Crippen LogP contribution in [0.3, 0.4) is 0 Å². The first-order chi connectivity index (χ1) is 6.20. The zero-order chi connectivity index (χ0) is 9.42. The van der Waals surface area contributed by atoms with Crippen LogP contribution in [-0.2, 0) is 0 Å². The Balaban J connectivity index is 2.97. The summed E-state index contributed by atoms with van der Waals surface area (Å²) in [5.74, 6) is -2.98. The largest absolute Gasteiger partial charge is 0.206 e. The van der Waals surface area contributed by atoms with Crippen LogP contribution in [0.5, 0.6) is 0 Å². The third-order valence-electron chi connectivity index (χ3n) is 1.80. The summed E-state index contributed by atoms with van der Waals surface area (Å²) in [6.45, 7) is 0. The van der Waals surface area contributed by atoms with Crippen LogP contribution < -0.4 is 0 Å². The number of hydrogen-bond donors (Lipinski definition) is 0. The normalized spacial score (nSPS) is 10.7. The second kappa shape index (κ2) is 2.76. The number of halogens is 3. The predicted molar refractivity (Wildman–Crippen MR) is 42.7 cm³/mol. The van der Waals surface area contributed by atoms with Gasteiger partial charge in [0.25, 0.3) is 0 Å². The van der Waals surface area contributed by atoms with E-state index >= 15 is 0 Å². The van der Waals surface area contributed by atoms with E-state index in [1.807, 2.05) is 0 Å². The van der Waals surface area contributed by atoms with Gasteiger partial charge in [0, 0.05) is 0 Å². The van der Waals surface area contributed by atoms with E-state index in [2.05, 4.69) is 6.07 Å². The predicted octanol–water partition coefficient (Wildman–Crippen LogP) is 3.06. The highest BCUT2D eigenvalue weighted by molar-refractivity contribution is 5.83. The number of benzene rings is 2. The van der Waals surface area contributed by atoms with E-state index in [4.69, 9.17) is 0 Å². The lowest BCUT2D eigenvalue weighted by molar-refractivity contribution is 0.512. The van der Waals surface area contributed by atoms with E-state index < -0.39 is 17.5 Å². The molecular weight excluding hydrogens is 177 g/mol. The van der Waals surface area contributed by atoms with E-state index in [9.17, 15) is 13.2 Å². The fraction of sp³-hybridized carbons (Fsp3) is 0. The average molecular weight is 181 g/mol. The summed E-state index contributed by atoms with van der Waals surface area (Å²) in [7, 11) is 0. The van der Waals surface area contributed by atoms with Gasteiger partial charge in [-0.15, -0.1) is 0 Å². The van der Waals surface area contributed by atoms with Crippen molar-refractivity contribution in [2.24, 2.45) is 0 Å². The molecule has 2 aromatic carbocycles. The zero-order valence-corrected chi connectivity index (χ0v) is 6.44. The molecule has 2 rings (SSSR count). The quantitative estimate of drug-likeness (QED) is 0.585. The lowest BCUT2D eigenvalue weighted by atomic mass is 10.1. The van der Waals surface area contributed by atoms with Crippen molar-refractivity contribution in [1.82, 2.24) is 0 Å². The number of hydrogen-bond acceptors (Lipinski definition) is 0. The first-order valence-electron chi connectivity index (χ1n) is 3.64. The lowest BCUT2D eigenvalue weighted by Gasteiger charge is -2.00. The van der Waals surface area contributed by atoms with Gasteiger partial charge in [0.15, 0.2) is 11.6 Å². The van der Waals surface area contributed by atoms with Crippen LogP contribution in [0.4, 0.5) is 13.2 Å². The summed E-state index contributed by atoms with van der Waals surface area (Å²) in [6.07, 6.45) is 0. The monoisotopic (exact) mass is 181 g/mol. The standard InChI is InChI=1S/C10H4F3/c11-7-3-1-2-6-4-5-8(12)10(13)9(6)7/h1,3-5H. The highest BCUT2D eigenvalue weighted by Gasteiger charge is 2.10. The molecule has 0 fully saturated rings. The summed E-state index contributed by atoms with van der Waals surface area (Å²) in [5, 5.41) is -0.110. The summed E-state index contributed by atoms with van der Waals surface area (Å²) in [5.41, 5.74) is 0. The molecular formula is C10H4F3. The molecule has 0 aromatic heterocycles. The molecule has 2 aromatic rings. The van der Waals surface area contributed by atoms with Crippen LogP contribution in [-0.4, -0.2) is 0 Å². The fourth-order valence-corrected chi connectivity index (χ4v) is 1.19. The number of rotatable bonds is 0. The van der Waals surface area contributed by atoms with E-state index in [-0.39, 0.29) is 10.8 Å².